The Morgan fingerprint density at radius 1 is 1.45 bits per heavy atom. The van der Waals surface area contributed by atoms with E-state index in [0.717, 1.165) is 0 Å². The van der Waals surface area contributed by atoms with Crippen LogP contribution in [0.3, 0.4) is 0 Å². The Morgan fingerprint density at radius 3 is 2.90 bits per heavy atom. The molecule has 0 aliphatic carbocycles. The van der Waals surface area contributed by atoms with Gasteiger partial charge in [0.1, 0.15) is 17.4 Å². The quantitative estimate of drug-likeness (QED) is 0.871. The number of aromatic carboxylic acids is 1. The van der Waals surface area contributed by atoms with E-state index in [9.17, 15) is 4.79 Å². The van der Waals surface area contributed by atoms with E-state index in [1.807, 2.05) is 6.07 Å². The lowest BCUT2D eigenvalue weighted by Crippen LogP contribution is -2.03. The molecule has 20 heavy (non-hydrogen) atoms. The molecule has 2 N–H and O–H groups in total. The van der Waals surface area contributed by atoms with Crippen LogP contribution in [0.5, 0.6) is 5.75 Å². The summed E-state index contributed by atoms with van der Waals surface area (Å²) in [5, 5.41) is 28.3. The van der Waals surface area contributed by atoms with Crippen molar-refractivity contribution in [3.63, 3.8) is 0 Å². The molecule has 0 radical (unpaired) electrons. The molecule has 7 heteroatoms. The Morgan fingerprint density at radius 2 is 2.25 bits per heavy atom. The highest BCUT2D eigenvalue weighted by molar-refractivity contribution is 5.91. The van der Waals surface area contributed by atoms with Crippen LogP contribution in [-0.4, -0.2) is 28.4 Å². The fourth-order valence-corrected chi connectivity index (χ4v) is 1.60. The molecule has 2 rings (SSSR count). The standard InChI is InChI=1S/C13H10N4O3/c1-20-11-6-9(2-3-10(11)13(18)19)16-12-8(7-14)4-5-15-17-12/h2-6H,1H3,(H,16,17)(H,18,19). The van der Waals surface area contributed by atoms with Gasteiger partial charge in [0.2, 0.25) is 0 Å². The largest absolute Gasteiger partial charge is 0.496 e. The van der Waals surface area contributed by atoms with Crippen LogP contribution in [0.15, 0.2) is 30.5 Å². The Labute approximate surface area is 114 Å². The topological polar surface area (TPSA) is 108 Å². The molecule has 1 aromatic carbocycles. The zero-order valence-corrected chi connectivity index (χ0v) is 10.5. The van der Waals surface area contributed by atoms with Gasteiger partial charge in [-0.15, -0.1) is 5.10 Å². The first-order valence-electron chi connectivity index (χ1n) is 5.56. The van der Waals surface area contributed by atoms with Crippen molar-refractivity contribution in [2.24, 2.45) is 0 Å². The van der Waals surface area contributed by atoms with Crippen LogP contribution in [0, 0.1) is 11.3 Å². The minimum Gasteiger partial charge on any atom is -0.496 e. The van der Waals surface area contributed by atoms with Crippen molar-refractivity contribution in [2.45, 2.75) is 0 Å². The summed E-state index contributed by atoms with van der Waals surface area (Å²) in [4.78, 5) is 11.0. The number of nitriles is 1. The van der Waals surface area contributed by atoms with Gasteiger partial charge in [0, 0.05) is 11.8 Å². The highest BCUT2D eigenvalue weighted by Crippen LogP contribution is 2.25. The molecule has 0 unspecified atom stereocenters. The third kappa shape index (κ3) is 2.64. The number of nitrogens with zero attached hydrogens (tertiary/aromatic N) is 3. The van der Waals surface area contributed by atoms with Crippen LogP contribution in [-0.2, 0) is 0 Å². The molecule has 7 nitrogen and oxygen atoms in total. The molecular formula is C13H10N4O3. The second kappa shape index (κ2) is 5.67. The first-order valence-corrected chi connectivity index (χ1v) is 5.56. The molecule has 0 fully saturated rings. The van der Waals surface area contributed by atoms with Crippen molar-refractivity contribution in [3.8, 4) is 11.8 Å². The second-order valence-electron chi connectivity index (χ2n) is 3.75. The van der Waals surface area contributed by atoms with Crippen molar-refractivity contribution in [2.75, 3.05) is 12.4 Å². The molecule has 0 bridgehead atoms. The van der Waals surface area contributed by atoms with E-state index in [4.69, 9.17) is 15.1 Å². The van der Waals surface area contributed by atoms with Crippen molar-refractivity contribution < 1.29 is 14.6 Å². The molecule has 100 valence electrons. The maximum Gasteiger partial charge on any atom is 0.339 e. The van der Waals surface area contributed by atoms with Crippen LogP contribution >= 0.6 is 0 Å². The molecular weight excluding hydrogens is 260 g/mol. The lowest BCUT2D eigenvalue weighted by Gasteiger charge is -2.09. The van der Waals surface area contributed by atoms with Gasteiger partial charge in [0.15, 0.2) is 5.82 Å². The number of aromatic nitrogens is 2. The number of ether oxygens (including phenoxy) is 1. The maximum absolute atomic E-state index is 11.0. The van der Waals surface area contributed by atoms with E-state index in [0.29, 0.717) is 17.1 Å². The number of hydrogen-bond acceptors (Lipinski definition) is 6. The highest BCUT2D eigenvalue weighted by Gasteiger charge is 2.12. The number of methoxy groups -OCH3 is 1. The van der Waals surface area contributed by atoms with Gasteiger partial charge in [-0.2, -0.15) is 10.4 Å². The normalized spacial score (nSPS) is 9.60. The van der Waals surface area contributed by atoms with Crippen LogP contribution in [0.25, 0.3) is 0 Å². The number of carbonyl (C=O) groups is 1. The van der Waals surface area contributed by atoms with Gasteiger partial charge < -0.3 is 15.2 Å². The molecule has 2 aromatic rings. The third-order valence-electron chi connectivity index (χ3n) is 2.54. The first kappa shape index (κ1) is 13.3. The molecule has 0 amide bonds. The van der Waals surface area contributed by atoms with Gasteiger partial charge in [0.25, 0.3) is 0 Å². The SMILES string of the molecule is COc1cc(Nc2nnccc2C#N)ccc1C(=O)O. The fourth-order valence-electron chi connectivity index (χ4n) is 1.60. The summed E-state index contributed by atoms with van der Waals surface area (Å²) in [6.45, 7) is 0. The molecule has 0 saturated heterocycles. The van der Waals surface area contributed by atoms with Crippen LogP contribution < -0.4 is 10.1 Å². The Balaban J connectivity index is 2.35. The monoisotopic (exact) mass is 270 g/mol. The van der Waals surface area contributed by atoms with E-state index in [1.165, 1.54) is 31.5 Å². The molecule has 0 aliphatic rings. The predicted octanol–water partition coefficient (Wildman–Crippen LogP) is 1.80. The Hall–Kier alpha value is -3.14. The van der Waals surface area contributed by atoms with E-state index in [1.54, 1.807) is 6.07 Å². The zero-order chi connectivity index (χ0) is 14.5. The smallest absolute Gasteiger partial charge is 0.339 e. The molecule has 0 atom stereocenters. The summed E-state index contributed by atoms with van der Waals surface area (Å²) in [6.07, 6.45) is 1.41. The number of anilines is 2. The van der Waals surface area contributed by atoms with Gasteiger partial charge in [0.05, 0.1) is 18.9 Å². The van der Waals surface area contributed by atoms with Gasteiger partial charge in [-0.25, -0.2) is 4.79 Å². The van der Waals surface area contributed by atoms with Crippen LogP contribution in [0.4, 0.5) is 11.5 Å². The summed E-state index contributed by atoms with van der Waals surface area (Å²) >= 11 is 0. The minimum atomic E-state index is -1.08. The van der Waals surface area contributed by atoms with Crippen molar-refractivity contribution in [1.82, 2.24) is 10.2 Å². The van der Waals surface area contributed by atoms with E-state index < -0.39 is 5.97 Å². The van der Waals surface area contributed by atoms with E-state index in [-0.39, 0.29) is 11.3 Å². The summed E-state index contributed by atoms with van der Waals surface area (Å²) in [5.41, 5.74) is 0.933. The van der Waals surface area contributed by atoms with Crippen LogP contribution in [0.2, 0.25) is 0 Å². The molecule has 1 heterocycles. The maximum atomic E-state index is 11.0. The predicted molar refractivity (Wildman–Crippen MR) is 70.0 cm³/mol. The summed E-state index contributed by atoms with van der Waals surface area (Å²) in [7, 11) is 1.38. The highest BCUT2D eigenvalue weighted by atomic mass is 16.5. The van der Waals surface area contributed by atoms with Crippen molar-refractivity contribution in [3.05, 3.63) is 41.6 Å². The summed E-state index contributed by atoms with van der Waals surface area (Å²) in [6, 6.07) is 7.99. The number of rotatable bonds is 4. The number of carboxylic acids is 1. The van der Waals surface area contributed by atoms with Gasteiger partial charge in [-0.1, -0.05) is 0 Å². The molecule has 0 spiro atoms. The average molecular weight is 270 g/mol. The molecule has 1 aromatic heterocycles. The fraction of sp³-hybridized carbons (Fsp3) is 0.0769. The number of nitrogens with one attached hydrogen (secondary N) is 1. The van der Waals surface area contributed by atoms with Gasteiger partial charge in [-0.3, -0.25) is 0 Å². The number of benzene rings is 1. The second-order valence-corrected chi connectivity index (χ2v) is 3.75. The summed E-state index contributed by atoms with van der Waals surface area (Å²) < 4.78 is 5.02. The Bertz CT molecular complexity index is 694. The average Bonchev–Trinajstić information content (AvgIpc) is 2.47. The van der Waals surface area contributed by atoms with Gasteiger partial charge in [-0.05, 0) is 18.2 Å². The van der Waals surface area contributed by atoms with E-state index >= 15 is 0 Å². The molecule has 0 aliphatic heterocycles. The van der Waals surface area contributed by atoms with Crippen molar-refractivity contribution in [1.29, 1.82) is 5.26 Å². The summed E-state index contributed by atoms with van der Waals surface area (Å²) in [5.74, 6) is -0.573. The number of hydrogen-bond donors (Lipinski definition) is 2. The zero-order valence-electron chi connectivity index (χ0n) is 10.5. The van der Waals surface area contributed by atoms with Gasteiger partial charge >= 0.3 is 5.97 Å². The lowest BCUT2D eigenvalue weighted by atomic mass is 10.1. The van der Waals surface area contributed by atoms with Crippen molar-refractivity contribution >= 4 is 17.5 Å². The Kier molecular flexibility index (Phi) is 3.77. The first-order chi connectivity index (χ1) is 9.65. The molecule has 0 saturated carbocycles. The number of carboxylic acid groups (broad SMARTS) is 1. The van der Waals surface area contributed by atoms with Crippen LogP contribution in [0.1, 0.15) is 15.9 Å². The lowest BCUT2D eigenvalue weighted by molar-refractivity contribution is 0.0693. The minimum absolute atomic E-state index is 0.0534. The van der Waals surface area contributed by atoms with E-state index in [2.05, 4.69) is 15.5 Å². The third-order valence-corrected chi connectivity index (χ3v) is 2.54.